The van der Waals surface area contributed by atoms with Crippen molar-refractivity contribution in [2.45, 2.75) is 24.2 Å². The monoisotopic (exact) mass is 307 g/mol. The molecule has 1 aliphatic rings. The van der Waals surface area contributed by atoms with E-state index in [9.17, 15) is 12.8 Å². The number of hydrogen-bond acceptors (Lipinski definition) is 3. The highest BCUT2D eigenvalue weighted by molar-refractivity contribution is 7.89. The normalized spacial score (nSPS) is 17.4. The van der Waals surface area contributed by atoms with Crippen molar-refractivity contribution >= 4 is 21.6 Å². The van der Waals surface area contributed by atoms with Gasteiger partial charge in [0.25, 0.3) is 0 Å². The Kier molecular flexibility index (Phi) is 4.15. The minimum Gasteiger partial charge on any atom is -0.396 e. The fraction of sp³-hybridized carbons (Fsp3) is 0.500. The van der Waals surface area contributed by atoms with Gasteiger partial charge in [0.15, 0.2) is 0 Å². The van der Waals surface area contributed by atoms with Gasteiger partial charge in [-0.25, -0.2) is 17.5 Å². The predicted octanol–water partition coefficient (Wildman–Crippen LogP) is 1.92. The van der Waals surface area contributed by atoms with E-state index in [1.165, 1.54) is 6.07 Å². The number of nitrogens with one attached hydrogen (secondary N) is 1. The van der Waals surface area contributed by atoms with Gasteiger partial charge in [0, 0.05) is 13.2 Å². The fourth-order valence-electron chi connectivity index (χ4n) is 1.94. The van der Waals surface area contributed by atoms with Gasteiger partial charge in [-0.05, 0) is 42.9 Å². The summed E-state index contributed by atoms with van der Waals surface area (Å²) in [6, 6.07) is 3.22. The zero-order valence-corrected chi connectivity index (χ0v) is 11.8. The summed E-state index contributed by atoms with van der Waals surface area (Å²) in [6.45, 7) is 0.269. The molecular formula is C12H15ClFNO3S. The number of rotatable bonds is 6. The maximum Gasteiger partial charge on any atom is 0.242 e. The van der Waals surface area contributed by atoms with Crippen molar-refractivity contribution in [2.24, 2.45) is 5.41 Å². The Morgan fingerprint density at radius 3 is 2.68 bits per heavy atom. The van der Waals surface area contributed by atoms with Gasteiger partial charge >= 0.3 is 0 Å². The van der Waals surface area contributed by atoms with Crippen LogP contribution in [0.1, 0.15) is 19.3 Å². The zero-order valence-electron chi connectivity index (χ0n) is 10.2. The molecule has 106 valence electrons. The Labute approximate surface area is 116 Å². The summed E-state index contributed by atoms with van der Waals surface area (Å²) in [7, 11) is -3.83. The zero-order chi connectivity index (χ0) is 14.1. The van der Waals surface area contributed by atoms with Gasteiger partial charge in [0.05, 0.1) is 5.02 Å². The van der Waals surface area contributed by atoms with Crippen molar-refractivity contribution in [1.29, 1.82) is 0 Å². The summed E-state index contributed by atoms with van der Waals surface area (Å²) in [5.41, 5.74) is -0.151. The van der Waals surface area contributed by atoms with E-state index >= 15 is 0 Å². The molecule has 0 amide bonds. The molecule has 0 bridgehead atoms. The molecule has 1 saturated carbocycles. The van der Waals surface area contributed by atoms with Gasteiger partial charge in [0.1, 0.15) is 10.7 Å². The summed E-state index contributed by atoms with van der Waals surface area (Å²) in [5.74, 6) is -0.652. The Morgan fingerprint density at radius 2 is 2.11 bits per heavy atom. The van der Waals surface area contributed by atoms with E-state index < -0.39 is 15.8 Å². The largest absolute Gasteiger partial charge is 0.396 e. The van der Waals surface area contributed by atoms with Gasteiger partial charge in [-0.1, -0.05) is 11.6 Å². The second-order valence-corrected chi connectivity index (χ2v) is 7.02. The predicted molar refractivity (Wildman–Crippen MR) is 70.0 cm³/mol. The summed E-state index contributed by atoms with van der Waals surface area (Å²) >= 11 is 5.78. The molecule has 1 fully saturated rings. The smallest absolute Gasteiger partial charge is 0.242 e. The van der Waals surface area contributed by atoms with Crippen LogP contribution in [0.25, 0.3) is 0 Å². The molecule has 0 spiro atoms. The van der Waals surface area contributed by atoms with Gasteiger partial charge in [0.2, 0.25) is 10.0 Å². The highest BCUT2D eigenvalue weighted by Gasteiger charge is 2.42. The van der Waals surface area contributed by atoms with Crippen LogP contribution >= 0.6 is 11.6 Å². The van der Waals surface area contributed by atoms with E-state index in [1.807, 2.05) is 0 Å². The van der Waals surface area contributed by atoms with Gasteiger partial charge in [-0.3, -0.25) is 0 Å². The van der Waals surface area contributed by atoms with Crippen LogP contribution in [0.15, 0.2) is 23.1 Å². The Hall–Kier alpha value is -0.690. The first kappa shape index (κ1) is 14.7. The average Bonchev–Trinajstić information content (AvgIpc) is 3.11. The lowest BCUT2D eigenvalue weighted by atomic mass is 10.0. The van der Waals surface area contributed by atoms with Gasteiger partial charge in [-0.2, -0.15) is 0 Å². The highest BCUT2D eigenvalue weighted by Crippen LogP contribution is 2.48. The highest BCUT2D eigenvalue weighted by atomic mass is 35.5. The number of benzene rings is 1. The number of sulfonamides is 1. The minimum absolute atomic E-state index is 0.0131. The lowest BCUT2D eigenvalue weighted by Crippen LogP contribution is -2.31. The Balaban J connectivity index is 2.12. The van der Waals surface area contributed by atoms with Crippen LogP contribution in [0.4, 0.5) is 4.39 Å². The quantitative estimate of drug-likeness (QED) is 0.844. The van der Waals surface area contributed by atoms with Crippen molar-refractivity contribution in [3.63, 3.8) is 0 Å². The third-order valence-electron chi connectivity index (χ3n) is 3.42. The molecule has 0 aromatic heterocycles. The van der Waals surface area contributed by atoms with Gasteiger partial charge < -0.3 is 5.11 Å². The first-order chi connectivity index (χ1) is 8.88. The average molecular weight is 308 g/mol. The van der Waals surface area contributed by atoms with Crippen LogP contribution in [0, 0.1) is 11.2 Å². The van der Waals surface area contributed by atoms with Crippen LogP contribution in [0.5, 0.6) is 0 Å². The second kappa shape index (κ2) is 5.36. The molecule has 0 radical (unpaired) electrons. The van der Waals surface area contributed by atoms with Crippen molar-refractivity contribution < 1.29 is 17.9 Å². The fourth-order valence-corrected chi connectivity index (χ4v) is 3.60. The number of halogens is 2. The Bertz CT molecular complexity index is 572. The molecule has 2 rings (SSSR count). The second-order valence-electron chi connectivity index (χ2n) is 4.87. The lowest BCUT2D eigenvalue weighted by molar-refractivity contribution is 0.249. The van der Waals surface area contributed by atoms with Crippen molar-refractivity contribution in [3.8, 4) is 0 Å². The van der Waals surface area contributed by atoms with E-state index in [0.717, 1.165) is 25.0 Å². The van der Waals surface area contributed by atoms with E-state index in [0.29, 0.717) is 6.42 Å². The molecule has 1 aromatic rings. The van der Waals surface area contributed by atoms with Gasteiger partial charge in [-0.15, -0.1) is 0 Å². The third-order valence-corrected chi connectivity index (χ3v) is 5.30. The van der Waals surface area contributed by atoms with Crippen molar-refractivity contribution in [3.05, 3.63) is 29.0 Å². The molecular weight excluding hydrogens is 293 g/mol. The molecule has 4 nitrogen and oxygen atoms in total. The molecule has 2 N–H and O–H groups in total. The topological polar surface area (TPSA) is 66.4 Å². The van der Waals surface area contributed by atoms with Crippen molar-refractivity contribution in [2.75, 3.05) is 13.2 Å². The van der Waals surface area contributed by atoms with Crippen molar-refractivity contribution in [1.82, 2.24) is 4.72 Å². The molecule has 1 aliphatic carbocycles. The Morgan fingerprint density at radius 1 is 1.42 bits per heavy atom. The summed E-state index contributed by atoms with van der Waals surface area (Å²) < 4.78 is 39.7. The molecule has 19 heavy (non-hydrogen) atoms. The minimum atomic E-state index is -3.83. The molecule has 7 heteroatoms. The summed E-state index contributed by atoms with van der Waals surface area (Å²) in [6.07, 6.45) is 2.33. The van der Waals surface area contributed by atoms with E-state index in [2.05, 4.69) is 4.72 Å². The third kappa shape index (κ3) is 3.45. The number of aliphatic hydroxyl groups excluding tert-OH is 1. The van der Waals surface area contributed by atoms with E-state index in [-0.39, 0.29) is 28.5 Å². The number of aliphatic hydroxyl groups is 1. The summed E-state index contributed by atoms with van der Waals surface area (Å²) in [4.78, 5) is -0.256. The lowest BCUT2D eigenvalue weighted by Gasteiger charge is -2.15. The SMILES string of the molecule is O=S(=O)(NCC1(CCO)CC1)c1cc(F)ccc1Cl. The maximum absolute atomic E-state index is 13.1. The first-order valence-corrected chi connectivity index (χ1v) is 7.80. The molecule has 0 heterocycles. The standard InChI is InChI=1S/C12H15ClFNO3S/c13-10-2-1-9(14)7-11(10)19(17,18)15-8-12(3-4-12)5-6-16/h1-2,7,15-16H,3-6,8H2. The maximum atomic E-state index is 13.1. The molecule has 0 saturated heterocycles. The van der Waals surface area contributed by atoms with E-state index in [1.54, 1.807) is 0 Å². The summed E-state index contributed by atoms with van der Waals surface area (Å²) in [5, 5.41) is 8.91. The molecule has 0 atom stereocenters. The molecule has 1 aromatic carbocycles. The van der Waals surface area contributed by atoms with E-state index in [4.69, 9.17) is 16.7 Å². The first-order valence-electron chi connectivity index (χ1n) is 5.94. The van der Waals surface area contributed by atoms with Crippen LogP contribution in [-0.4, -0.2) is 26.7 Å². The van der Waals surface area contributed by atoms with Crippen LogP contribution < -0.4 is 4.72 Å². The van der Waals surface area contributed by atoms with Crippen LogP contribution in [-0.2, 0) is 10.0 Å². The van der Waals surface area contributed by atoms with Crippen LogP contribution in [0.2, 0.25) is 5.02 Å². The number of hydrogen-bond donors (Lipinski definition) is 2. The molecule has 0 unspecified atom stereocenters. The van der Waals surface area contributed by atoms with Crippen LogP contribution in [0.3, 0.4) is 0 Å². The molecule has 0 aliphatic heterocycles.